The second-order valence-corrected chi connectivity index (χ2v) is 5.74. The third kappa shape index (κ3) is 2.47. The number of aryl methyl sites for hydroxylation is 2. The summed E-state index contributed by atoms with van der Waals surface area (Å²) in [5, 5.41) is 0.925. The normalized spacial score (nSPS) is 13.9. The van der Waals surface area contributed by atoms with Crippen molar-refractivity contribution in [3.8, 4) is 0 Å². The van der Waals surface area contributed by atoms with Crippen LogP contribution in [0.5, 0.6) is 0 Å². The number of primary amides is 1. The molecule has 1 amide bonds. The summed E-state index contributed by atoms with van der Waals surface area (Å²) >= 11 is 0. The highest BCUT2D eigenvalue weighted by Gasteiger charge is 2.21. The molecule has 2 aromatic rings. The van der Waals surface area contributed by atoms with Gasteiger partial charge in [0.2, 0.25) is 0 Å². The molecule has 5 heteroatoms. The molecule has 1 aliphatic carbocycles. The van der Waals surface area contributed by atoms with Crippen LogP contribution in [0.2, 0.25) is 0 Å². The van der Waals surface area contributed by atoms with Crippen LogP contribution in [0.3, 0.4) is 0 Å². The first-order valence-electron chi connectivity index (χ1n) is 7.76. The van der Waals surface area contributed by atoms with Crippen molar-refractivity contribution in [2.45, 2.75) is 39.0 Å². The van der Waals surface area contributed by atoms with Gasteiger partial charge in [-0.3, -0.25) is 4.79 Å². The molecule has 0 unspecified atom stereocenters. The number of aromatic nitrogens is 1. The molecule has 0 radical (unpaired) electrons. The number of esters is 1. The molecule has 0 saturated carbocycles. The average molecular weight is 300 g/mol. The summed E-state index contributed by atoms with van der Waals surface area (Å²) in [5.41, 5.74) is 9.34. The maximum Gasteiger partial charge on any atom is 0.338 e. The fourth-order valence-electron chi connectivity index (χ4n) is 3.10. The Morgan fingerprint density at radius 3 is 2.77 bits per heavy atom. The van der Waals surface area contributed by atoms with Gasteiger partial charge in [-0.1, -0.05) is 6.92 Å². The lowest BCUT2D eigenvalue weighted by Gasteiger charge is -2.10. The molecule has 116 valence electrons. The summed E-state index contributed by atoms with van der Waals surface area (Å²) in [6.07, 6.45) is 4.95. The van der Waals surface area contributed by atoms with Crippen molar-refractivity contribution in [3.05, 3.63) is 34.5 Å². The number of ether oxygens (including phenoxy) is 1. The predicted molar refractivity (Wildman–Crippen MR) is 84.0 cm³/mol. The highest BCUT2D eigenvalue weighted by molar-refractivity contribution is 6.09. The van der Waals surface area contributed by atoms with Crippen LogP contribution in [0.4, 0.5) is 0 Å². The minimum absolute atomic E-state index is 0.357. The van der Waals surface area contributed by atoms with Gasteiger partial charge >= 0.3 is 5.97 Å². The predicted octanol–water partition coefficient (Wildman–Crippen LogP) is 2.71. The second kappa shape index (κ2) is 5.83. The average Bonchev–Trinajstić information content (AvgIpc) is 2.90. The summed E-state index contributed by atoms with van der Waals surface area (Å²) in [6.45, 7) is 2.31. The lowest BCUT2D eigenvalue weighted by Crippen LogP contribution is -2.14. The fraction of sp³-hybridized carbons (Fsp3) is 0.412. The second-order valence-electron chi connectivity index (χ2n) is 5.74. The number of rotatable bonds is 4. The number of carbonyl (C=O) groups is 2. The first kappa shape index (κ1) is 14.6. The standard InChI is InChI=1S/C17H20N2O3/c1-2-7-22-17(21)10-8-12-11-5-3-4-6-14(11)19-15(12)13(9-10)16(18)20/h8-9,19H,2-7H2,1H3,(H2,18,20). The van der Waals surface area contributed by atoms with E-state index in [1.54, 1.807) is 0 Å². The topological polar surface area (TPSA) is 85.2 Å². The third-order valence-electron chi connectivity index (χ3n) is 4.15. The van der Waals surface area contributed by atoms with Crippen molar-refractivity contribution in [2.75, 3.05) is 6.61 Å². The van der Waals surface area contributed by atoms with E-state index in [0.717, 1.165) is 48.7 Å². The molecule has 3 rings (SSSR count). The van der Waals surface area contributed by atoms with Crippen molar-refractivity contribution in [1.29, 1.82) is 0 Å². The van der Waals surface area contributed by atoms with E-state index < -0.39 is 11.9 Å². The van der Waals surface area contributed by atoms with Crippen LogP contribution in [0.15, 0.2) is 12.1 Å². The molecule has 0 saturated heterocycles. The SMILES string of the molecule is CCCOC(=O)c1cc(C(N)=O)c2[nH]c3c(c2c1)CCCC3. The number of carbonyl (C=O) groups excluding carboxylic acids is 2. The highest BCUT2D eigenvalue weighted by atomic mass is 16.5. The Bertz CT molecular complexity index is 746. The lowest BCUT2D eigenvalue weighted by atomic mass is 9.94. The van der Waals surface area contributed by atoms with Crippen LogP contribution in [-0.4, -0.2) is 23.5 Å². The zero-order chi connectivity index (χ0) is 15.7. The zero-order valence-corrected chi connectivity index (χ0v) is 12.7. The van der Waals surface area contributed by atoms with Crippen molar-refractivity contribution < 1.29 is 14.3 Å². The quantitative estimate of drug-likeness (QED) is 0.851. The zero-order valence-electron chi connectivity index (χ0n) is 12.7. The van der Waals surface area contributed by atoms with Gasteiger partial charge in [-0.05, 0) is 49.8 Å². The van der Waals surface area contributed by atoms with E-state index >= 15 is 0 Å². The monoisotopic (exact) mass is 300 g/mol. The van der Waals surface area contributed by atoms with Crippen molar-refractivity contribution in [2.24, 2.45) is 5.73 Å². The Morgan fingerprint density at radius 1 is 1.27 bits per heavy atom. The molecule has 1 heterocycles. The number of amides is 1. The van der Waals surface area contributed by atoms with Crippen LogP contribution < -0.4 is 5.73 Å². The van der Waals surface area contributed by atoms with Crippen LogP contribution in [0.25, 0.3) is 10.9 Å². The minimum Gasteiger partial charge on any atom is -0.462 e. The van der Waals surface area contributed by atoms with Crippen LogP contribution in [0.1, 0.15) is 58.2 Å². The summed E-state index contributed by atoms with van der Waals surface area (Å²) in [4.78, 5) is 27.2. The molecule has 3 N–H and O–H groups in total. The summed E-state index contributed by atoms with van der Waals surface area (Å²) in [5.74, 6) is -0.939. The van der Waals surface area contributed by atoms with E-state index in [2.05, 4.69) is 4.98 Å². The molecule has 22 heavy (non-hydrogen) atoms. The molecule has 1 aromatic carbocycles. The Hall–Kier alpha value is -2.30. The summed E-state index contributed by atoms with van der Waals surface area (Å²) in [7, 11) is 0. The van der Waals surface area contributed by atoms with Gasteiger partial charge in [-0.25, -0.2) is 4.79 Å². The number of aromatic amines is 1. The highest BCUT2D eigenvalue weighted by Crippen LogP contribution is 2.32. The third-order valence-corrected chi connectivity index (χ3v) is 4.15. The molecule has 0 aliphatic heterocycles. The lowest BCUT2D eigenvalue weighted by molar-refractivity contribution is 0.0505. The number of H-pyrrole nitrogens is 1. The van der Waals surface area contributed by atoms with Crippen molar-refractivity contribution >= 4 is 22.8 Å². The van der Waals surface area contributed by atoms with Gasteiger partial charge in [0.15, 0.2) is 0 Å². The first-order chi connectivity index (χ1) is 10.6. The number of nitrogens with one attached hydrogen (secondary N) is 1. The number of hydrogen-bond acceptors (Lipinski definition) is 3. The summed E-state index contributed by atoms with van der Waals surface area (Å²) in [6, 6.07) is 3.35. The molecule has 0 bridgehead atoms. The fourth-order valence-corrected chi connectivity index (χ4v) is 3.10. The van der Waals surface area contributed by atoms with Crippen LogP contribution in [-0.2, 0) is 17.6 Å². The largest absolute Gasteiger partial charge is 0.462 e. The van der Waals surface area contributed by atoms with E-state index in [0.29, 0.717) is 17.7 Å². The van der Waals surface area contributed by atoms with Gasteiger partial charge in [0.05, 0.1) is 23.3 Å². The van der Waals surface area contributed by atoms with Crippen molar-refractivity contribution in [3.63, 3.8) is 0 Å². The minimum atomic E-state index is -0.534. The molecule has 1 aromatic heterocycles. The molecule has 0 spiro atoms. The van der Waals surface area contributed by atoms with Crippen LogP contribution in [0, 0.1) is 0 Å². The Labute approximate surface area is 128 Å². The van der Waals surface area contributed by atoms with Crippen molar-refractivity contribution in [1.82, 2.24) is 4.98 Å². The van der Waals surface area contributed by atoms with E-state index in [4.69, 9.17) is 10.5 Å². The van der Waals surface area contributed by atoms with Crippen LogP contribution >= 0.6 is 0 Å². The van der Waals surface area contributed by atoms with E-state index in [-0.39, 0.29) is 0 Å². The maximum atomic E-state index is 12.1. The van der Waals surface area contributed by atoms with Gasteiger partial charge in [-0.2, -0.15) is 0 Å². The van der Waals surface area contributed by atoms with Gasteiger partial charge in [0.1, 0.15) is 0 Å². The molecular weight excluding hydrogens is 280 g/mol. The number of hydrogen-bond donors (Lipinski definition) is 2. The van der Waals surface area contributed by atoms with E-state index in [9.17, 15) is 9.59 Å². The Kier molecular flexibility index (Phi) is 3.88. The number of benzene rings is 1. The molecular formula is C17H20N2O3. The first-order valence-corrected chi connectivity index (χ1v) is 7.76. The van der Waals surface area contributed by atoms with Gasteiger partial charge < -0.3 is 15.5 Å². The number of fused-ring (bicyclic) bond motifs is 3. The molecule has 1 aliphatic rings. The maximum absolute atomic E-state index is 12.1. The van der Waals surface area contributed by atoms with E-state index in [1.807, 2.05) is 13.0 Å². The van der Waals surface area contributed by atoms with Gasteiger partial charge in [-0.15, -0.1) is 0 Å². The molecule has 0 atom stereocenters. The van der Waals surface area contributed by atoms with Gasteiger partial charge in [0.25, 0.3) is 5.91 Å². The molecule has 0 fully saturated rings. The Balaban J connectivity index is 2.15. The smallest absolute Gasteiger partial charge is 0.338 e. The van der Waals surface area contributed by atoms with Gasteiger partial charge in [0, 0.05) is 11.1 Å². The van der Waals surface area contributed by atoms with E-state index in [1.165, 1.54) is 11.6 Å². The molecule has 5 nitrogen and oxygen atoms in total. The number of nitrogens with two attached hydrogens (primary N) is 1. The summed E-state index contributed by atoms with van der Waals surface area (Å²) < 4.78 is 5.18. The Morgan fingerprint density at radius 2 is 2.05 bits per heavy atom.